The van der Waals surface area contributed by atoms with E-state index in [1.54, 1.807) is 0 Å². The summed E-state index contributed by atoms with van der Waals surface area (Å²) >= 11 is 3.46. The molecular formula is C11H17BrN2. The molecule has 1 rings (SSSR count). The van der Waals surface area contributed by atoms with Crippen molar-refractivity contribution in [3.05, 3.63) is 34.3 Å². The van der Waals surface area contributed by atoms with E-state index in [2.05, 4.69) is 40.3 Å². The standard InChI is InChI=1S/C11H17BrN2/c1-2-6-14-11(8-13)9-4-3-5-10(12)7-9/h3-5,7,11,14H,2,6,8,13H2,1H3. The van der Waals surface area contributed by atoms with Crippen LogP contribution in [0.5, 0.6) is 0 Å². The van der Waals surface area contributed by atoms with Crippen molar-refractivity contribution >= 4 is 15.9 Å². The topological polar surface area (TPSA) is 38.0 Å². The van der Waals surface area contributed by atoms with Gasteiger partial charge in [0.15, 0.2) is 0 Å². The molecule has 2 nitrogen and oxygen atoms in total. The molecule has 0 amide bonds. The molecule has 3 N–H and O–H groups in total. The summed E-state index contributed by atoms with van der Waals surface area (Å²) in [5.41, 5.74) is 6.96. The van der Waals surface area contributed by atoms with E-state index in [1.165, 1.54) is 5.56 Å². The highest BCUT2D eigenvalue weighted by molar-refractivity contribution is 9.10. The van der Waals surface area contributed by atoms with Crippen molar-refractivity contribution in [3.8, 4) is 0 Å². The number of benzene rings is 1. The quantitative estimate of drug-likeness (QED) is 0.850. The maximum absolute atomic E-state index is 5.72. The summed E-state index contributed by atoms with van der Waals surface area (Å²) in [5, 5.41) is 3.42. The largest absolute Gasteiger partial charge is 0.329 e. The zero-order chi connectivity index (χ0) is 10.4. The lowest BCUT2D eigenvalue weighted by molar-refractivity contribution is 0.540. The highest BCUT2D eigenvalue weighted by Gasteiger charge is 2.07. The zero-order valence-electron chi connectivity index (χ0n) is 8.46. The van der Waals surface area contributed by atoms with Crippen molar-refractivity contribution in [2.24, 2.45) is 5.73 Å². The minimum absolute atomic E-state index is 0.271. The first-order chi connectivity index (χ1) is 6.77. The Labute approximate surface area is 94.0 Å². The van der Waals surface area contributed by atoms with Gasteiger partial charge in [-0.15, -0.1) is 0 Å². The lowest BCUT2D eigenvalue weighted by Gasteiger charge is -2.16. The van der Waals surface area contributed by atoms with E-state index >= 15 is 0 Å². The maximum atomic E-state index is 5.72. The Bertz CT molecular complexity index is 276. The van der Waals surface area contributed by atoms with E-state index in [0.29, 0.717) is 6.54 Å². The second kappa shape index (κ2) is 6.17. The van der Waals surface area contributed by atoms with Crippen LogP contribution in [-0.4, -0.2) is 13.1 Å². The van der Waals surface area contributed by atoms with Gasteiger partial charge in [0.25, 0.3) is 0 Å². The van der Waals surface area contributed by atoms with Gasteiger partial charge in [0.1, 0.15) is 0 Å². The summed E-state index contributed by atoms with van der Waals surface area (Å²) in [4.78, 5) is 0. The monoisotopic (exact) mass is 256 g/mol. The fourth-order valence-corrected chi connectivity index (χ4v) is 1.80. The van der Waals surface area contributed by atoms with Crippen molar-refractivity contribution in [1.82, 2.24) is 5.32 Å². The van der Waals surface area contributed by atoms with E-state index in [4.69, 9.17) is 5.73 Å². The Kier molecular flexibility index (Phi) is 5.15. The molecule has 78 valence electrons. The molecule has 0 bridgehead atoms. The molecule has 0 saturated carbocycles. The van der Waals surface area contributed by atoms with Gasteiger partial charge in [-0.25, -0.2) is 0 Å². The van der Waals surface area contributed by atoms with Gasteiger partial charge in [-0.3, -0.25) is 0 Å². The second-order valence-electron chi connectivity index (χ2n) is 3.30. The van der Waals surface area contributed by atoms with Crippen LogP contribution in [-0.2, 0) is 0 Å². The number of rotatable bonds is 5. The predicted octanol–water partition coefficient (Wildman–Crippen LogP) is 2.45. The fraction of sp³-hybridized carbons (Fsp3) is 0.455. The Morgan fingerprint density at radius 2 is 2.29 bits per heavy atom. The van der Waals surface area contributed by atoms with Gasteiger partial charge in [-0.2, -0.15) is 0 Å². The molecule has 0 aliphatic rings. The molecule has 0 fully saturated rings. The molecule has 0 saturated heterocycles. The smallest absolute Gasteiger partial charge is 0.0444 e. The summed E-state index contributed by atoms with van der Waals surface area (Å²) in [6, 6.07) is 8.55. The Morgan fingerprint density at radius 3 is 2.86 bits per heavy atom. The van der Waals surface area contributed by atoms with Crippen molar-refractivity contribution in [1.29, 1.82) is 0 Å². The summed E-state index contributed by atoms with van der Waals surface area (Å²) in [6.45, 7) is 3.80. The molecule has 1 aromatic carbocycles. The molecule has 0 spiro atoms. The SMILES string of the molecule is CCCNC(CN)c1cccc(Br)c1. The van der Waals surface area contributed by atoms with Gasteiger partial charge in [-0.1, -0.05) is 35.0 Å². The lowest BCUT2D eigenvalue weighted by Crippen LogP contribution is -2.28. The summed E-state index contributed by atoms with van der Waals surface area (Å²) in [5.74, 6) is 0. The van der Waals surface area contributed by atoms with Gasteiger partial charge < -0.3 is 11.1 Å². The highest BCUT2D eigenvalue weighted by atomic mass is 79.9. The number of nitrogens with two attached hydrogens (primary N) is 1. The first-order valence-electron chi connectivity index (χ1n) is 4.96. The zero-order valence-corrected chi connectivity index (χ0v) is 10.0. The predicted molar refractivity (Wildman–Crippen MR) is 64.2 cm³/mol. The van der Waals surface area contributed by atoms with Crippen LogP contribution in [0.25, 0.3) is 0 Å². The molecule has 0 aromatic heterocycles. The van der Waals surface area contributed by atoms with Crippen molar-refractivity contribution in [2.45, 2.75) is 19.4 Å². The normalized spacial score (nSPS) is 12.8. The molecule has 1 atom stereocenters. The van der Waals surface area contributed by atoms with E-state index in [0.717, 1.165) is 17.4 Å². The minimum atomic E-state index is 0.271. The highest BCUT2D eigenvalue weighted by Crippen LogP contribution is 2.17. The van der Waals surface area contributed by atoms with Crippen molar-refractivity contribution in [3.63, 3.8) is 0 Å². The number of nitrogens with one attached hydrogen (secondary N) is 1. The van der Waals surface area contributed by atoms with Gasteiger partial charge in [0.05, 0.1) is 0 Å². The molecular weight excluding hydrogens is 240 g/mol. The molecule has 0 aliphatic carbocycles. The van der Waals surface area contributed by atoms with Crippen molar-refractivity contribution in [2.75, 3.05) is 13.1 Å². The third kappa shape index (κ3) is 3.40. The number of halogens is 1. The Morgan fingerprint density at radius 1 is 1.50 bits per heavy atom. The molecule has 14 heavy (non-hydrogen) atoms. The average molecular weight is 257 g/mol. The van der Waals surface area contributed by atoms with E-state index < -0.39 is 0 Å². The first-order valence-corrected chi connectivity index (χ1v) is 5.76. The summed E-state index contributed by atoms with van der Waals surface area (Å²) in [6.07, 6.45) is 1.13. The molecule has 1 aromatic rings. The van der Waals surface area contributed by atoms with E-state index in [9.17, 15) is 0 Å². The van der Waals surface area contributed by atoms with Gasteiger partial charge in [0.2, 0.25) is 0 Å². The van der Waals surface area contributed by atoms with Crippen LogP contribution in [0, 0.1) is 0 Å². The lowest BCUT2D eigenvalue weighted by atomic mass is 10.1. The molecule has 1 unspecified atom stereocenters. The second-order valence-corrected chi connectivity index (χ2v) is 4.21. The Hall–Kier alpha value is -0.380. The van der Waals surface area contributed by atoms with Gasteiger partial charge in [0, 0.05) is 17.1 Å². The third-order valence-electron chi connectivity index (χ3n) is 2.13. The van der Waals surface area contributed by atoms with Crippen molar-refractivity contribution < 1.29 is 0 Å². The maximum Gasteiger partial charge on any atom is 0.0444 e. The van der Waals surface area contributed by atoms with E-state index in [-0.39, 0.29) is 6.04 Å². The fourth-order valence-electron chi connectivity index (χ4n) is 1.38. The average Bonchev–Trinajstić information content (AvgIpc) is 2.19. The first kappa shape index (κ1) is 11.7. The van der Waals surface area contributed by atoms with Gasteiger partial charge >= 0.3 is 0 Å². The number of hydrogen-bond acceptors (Lipinski definition) is 2. The molecule has 0 heterocycles. The van der Waals surface area contributed by atoms with Crippen LogP contribution in [0.2, 0.25) is 0 Å². The van der Waals surface area contributed by atoms with Crippen LogP contribution in [0.4, 0.5) is 0 Å². The van der Waals surface area contributed by atoms with Gasteiger partial charge in [-0.05, 0) is 30.7 Å². The van der Waals surface area contributed by atoms with E-state index in [1.807, 2.05) is 12.1 Å². The van der Waals surface area contributed by atoms with Crippen LogP contribution in [0.3, 0.4) is 0 Å². The summed E-state index contributed by atoms with van der Waals surface area (Å²) in [7, 11) is 0. The summed E-state index contributed by atoms with van der Waals surface area (Å²) < 4.78 is 1.10. The van der Waals surface area contributed by atoms with Crippen LogP contribution in [0.15, 0.2) is 28.7 Å². The minimum Gasteiger partial charge on any atom is -0.329 e. The molecule has 3 heteroatoms. The third-order valence-corrected chi connectivity index (χ3v) is 2.62. The molecule has 0 radical (unpaired) electrons. The van der Waals surface area contributed by atoms with Crippen LogP contribution >= 0.6 is 15.9 Å². The number of hydrogen-bond donors (Lipinski definition) is 2. The van der Waals surface area contributed by atoms with Crippen LogP contribution in [0.1, 0.15) is 24.9 Å². The molecule has 0 aliphatic heterocycles. The Balaban J connectivity index is 2.68. The van der Waals surface area contributed by atoms with Crippen LogP contribution < -0.4 is 11.1 Å².